The molecule has 0 aromatic heterocycles. The number of allylic oxidation sites excluding steroid dienone is 3. The van der Waals surface area contributed by atoms with Crippen LogP contribution in [0.25, 0.3) is 0 Å². The van der Waals surface area contributed by atoms with Gasteiger partial charge in [-0.3, -0.25) is 0 Å². The molecule has 1 fully saturated rings. The fourth-order valence-corrected chi connectivity index (χ4v) is 4.20. The summed E-state index contributed by atoms with van der Waals surface area (Å²) in [7, 11) is 0. The number of hydrogen-bond donors (Lipinski definition) is 3. The maximum absolute atomic E-state index is 10.2. The maximum Gasteiger partial charge on any atom is 0.153 e. The lowest BCUT2D eigenvalue weighted by Crippen LogP contribution is -2.38. The molecule has 3 atom stereocenters. The van der Waals surface area contributed by atoms with Gasteiger partial charge in [-0.25, -0.2) is 0 Å². The van der Waals surface area contributed by atoms with Crippen LogP contribution in [0.15, 0.2) is 65.1 Å². The highest BCUT2D eigenvalue weighted by Gasteiger charge is 2.38. The molecule has 3 nitrogen and oxygen atoms in total. The molecule has 114 valence electrons. The fourth-order valence-electron chi connectivity index (χ4n) is 4.20. The molecule has 1 heterocycles. The summed E-state index contributed by atoms with van der Waals surface area (Å²) in [5.74, 6) is 0.700. The van der Waals surface area contributed by atoms with Gasteiger partial charge in [-0.1, -0.05) is 36.4 Å². The Hall–Kier alpha value is -2.00. The molecule has 0 spiro atoms. The summed E-state index contributed by atoms with van der Waals surface area (Å²) >= 11 is 0. The van der Waals surface area contributed by atoms with E-state index in [1.807, 2.05) is 12.1 Å². The van der Waals surface area contributed by atoms with Gasteiger partial charge in [-0.05, 0) is 54.5 Å². The summed E-state index contributed by atoms with van der Waals surface area (Å²) in [6, 6.07) is 10.7. The molecule has 3 unspecified atom stereocenters. The smallest absolute Gasteiger partial charge is 0.153 e. The average molecular weight is 295 g/mol. The molecule has 2 aliphatic carbocycles. The number of benzene rings is 1. The second-order valence-corrected chi connectivity index (χ2v) is 6.43. The van der Waals surface area contributed by atoms with Crippen LogP contribution < -0.4 is 5.32 Å². The lowest BCUT2D eigenvalue weighted by molar-refractivity contribution is 0.258. The van der Waals surface area contributed by atoms with Crippen molar-refractivity contribution in [2.75, 3.05) is 6.54 Å². The predicted octanol–water partition coefficient (Wildman–Crippen LogP) is 3.94. The van der Waals surface area contributed by atoms with Gasteiger partial charge in [-0.2, -0.15) is 0 Å². The number of rotatable bonds is 1. The minimum Gasteiger partial charge on any atom is -0.508 e. The summed E-state index contributed by atoms with van der Waals surface area (Å²) in [5, 5.41) is 23.7. The molecule has 0 radical (unpaired) electrons. The van der Waals surface area contributed by atoms with Gasteiger partial charge < -0.3 is 15.5 Å². The third-order valence-corrected chi connectivity index (χ3v) is 5.25. The van der Waals surface area contributed by atoms with Crippen LogP contribution in [0.3, 0.4) is 0 Å². The van der Waals surface area contributed by atoms with Crippen LogP contribution in [0.2, 0.25) is 0 Å². The largest absolute Gasteiger partial charge is 0.508 e. The van der Waals surface area contributed by atoms with Crippen molar-refractivity contribution in [3.8, 4) is 0 Å². The molecule has 4 rings (SSSR count). The first-order chi connectivity index (χ1) is 10.8. The van der Waals surface area contributed by atoms with Crippen LogP contribution in [-0.2, 0) is 0 Å². The second kappa shape index (κ2) is 5.33. The van der Waals surface area contributed by atoms with E-state index in [-0.39, 0.29) is 23.5 Å². The van der Waals surface area contributed by atoms with Crippen molar-refractivity contribution in [1.82, 2.24) is 5.32 Å². The van der Waals surface area contributed by atoms with Crippen molar-refractivity contribution in [2.24, 2.45) is 11.8 Å². The molecule has 1 aromatic carbocycles. The number of piperidine rings is 1. The molecule has 1 saturated heterocycles. The lowest BCUT2D eigenvalue weighted by Gasteiger charge is -2.41. The molecule has 1 aliphatic heterocycles. The molecule has 22 heavy (non-hydrogen) atoms. The Morgan fingerprint density at radius 2 is 1.77 bits per heavy atom. The number of aliphatic hydroxyl groups excluding tert-OH is 2. The molecule has 1 aromatic rings. The first-order valence-electron chi connectivity index (χ1n) is 8.08. The van der Waals surface area contributed by atoms with E-state index in [1.54, 1.807) is 6.08 Å². The van der Waals surface area contributed by atoms with E-state index in [0.29, 0.717) is 5.92 Å². The summed E-state index contributed by atoms with van der Waals surface area (Å²) in [6.07, 6.45) is 6.79. The van der Waals surface area contributed by atoms with Crippen LogP contribution >= 0.6 is 0 Å². The molecule has 0 bridgehead atoms. The van der Waals surface area contributed by atoms with Crippen LogP contribution in [0, 0.1) is 11.8 Å². The van der Waals surface area contributed by atoms with Gasteiger partial charge in [0.25, 0.3) is 0 Å². The Morgan fingerprint density at radius 1 is 0.955 bits per heavy atom. The van der Waals surface area contributed by atoms with Gasteiger partial charge in [0.15, 0.2) is 5.76 Å². The van der Waals surface area contributed by atoms with Crippen LogP contribution in [0.4, 0.5) is 0 Å². The van der Waals surface area contributed by atoms with Gasteiger partial charge in [-0.15, -0.1) is 0 Å². The zero-order valence-electron chi connectivity index (χ0n) is 12.5. The summed E-state index contributed by atoms with van der Waals surface area (Å²) in [4.78, 5) is 0. The third-order valence-electron chi connectivity index (χ3n) is 5.25. The molecule has 3 aliphatic rings. The fraction of sp³-hybridized carbons (Fsp3) is 0.368. The van der Waals surface area contributed by atoms with E-state index in [0.717, 1.165) is 25.8 Å². The highest BCUT2D eigenvalue weighted by molar-refractivity contribution is 5.47. The second-order valence-electron chi connectivity index (χ2n) is 6.43. The zero-order chi connectivity index (χ0) is 15.1. The summed E-state index contributed by atoms with van der Waals surface area (Å²) < 4.78 is 0. The van der Waals surface area contributed by atoms with Gasteiger partial charge in [0.2, 0.25) is 0 Å². The highest BCUT2D eigenvalue weighted by atomic mass is 16.3. The Bertz CT molecular complexity index is 672. The molecule has 3 N–H and O–H groups in total. The van der Waals surface area contributed by atoms with Gasteiger partial charge in [0, 0.05) is 5.92 Å². The van der Waals surface area contributed by atoms with Crippen LogP contribution in [0.5, 0.6) is 0 Å². The molecule has 0 amide bonds. The Balaban J connectivity index is 1.83. The van der Waals surface area contributed by atoms with Gasteiger partial charge in [0.1, 0.15) is 5.76 Å². The Kier molecular flexibility index (Phi) is 3.30. The van der Waals surface area contributed by atoms with Crippen molar-refractivity contribution in [2.45, 2.75) is 25.3 Å². The average Bonchev–Trinajstić information content (AvgIpc) is 2.58. The number of fused-ring (bicyclic) bond motifs is 2. The van der Waals surface area contributed by atoms with Gasteiger partial charge in [0.05, 0.1) is 6.04 Å². The van der Waals surface area contributed by atoms with Crippen molar-refractivity contribution < 1.29 is 10.2 Å². The van der Waals surface area contributed by atoms with Crippen molar-refractivity contribution in [1.29, 1.82) is 0 Å². The van der Waals surface area contributed by atoms with Crippen molar-refractivity contribution in [3.05, 3.63) is 70.7 Å². The van der Waals surface area contributed by atoms with E-state index in [1.165, 1.54) is 16.7 Å². The van der Waals surface area contributed by atoms with E-state index < -0.39 is 0 Å². The number of nitrogens with one attached hydrogen (secondary N) is 1. The minimum absolute atomic E-state index is 0.0211. The minimum atomic E-state index is -0.0395. The van der Waals surface area contributed by atoms with E-state index in [2.05, 4.69) is 29.6 Å². The Morgan fingerprint density at radius 3 is 2.59 bits per heavy atom. The SMILES string of the molecule is OC1=C(O)C2CCC3CCNC(c4ccccc4)C3=C2C=C1. The lowest BCUT2D eigenvalue weighted by atomic mass is 9.68. The van der Waals surface area contributed by atoms with Crippen molar-refractivity contribution in [3.63, 3.8) is 0 Å². The first-order valence-corrected chi connectivity index (χ1v) is 8.08. The molecular formula is C19H21NO2. The maximum atomic E-state index is 10.2. The van der Waals surface area contributed by atoms with E-state index in [9.17, 15) is 10.2 Å². The summed E-state index contributed by atoms with van der Waals surface area (Å²) in [5.41, 5.74) is 3.89. The predicted molar refractivity (Wildman–Crippen MR) is 86.5 cm³/mol. The van der Waals surface area contributed by atoms with Gasteiger partial charge >= 0.3 is 0 Å². The number of hydrogen-bond acceptors (Lipinski definition) is 3. The first kappa shape index (κ1) is 13.6. The standard InChI is InChI=1S/C19H21NO2/c21-16-9-8-14-15(19(16)22)7-6-12-10-11-20-18(17(12)14)13-4-2-1-3-5-13/h1-5,8-9,12,15,18,20-22H,6-7,10-11H2. The Labute approximate surface area is 130 Å². The van der Waals surface area contributed by atoms with E-state index >= 15 is 0 Å². The zero-order valence-corrected chi connectivity index (χ0v) is 12.5. The molecule has 3 heteroatoms. The normalized spacial score (nSPS) is 31.0. The van der Waals surface area contributed by atoms with Crippen LogP contribution in [-0.4, -0.2) is 16.8 Å². The van der Waals surface area contributed by atoms with Crippen molar-refractivity contribution >= 4 is 0 Å². The topological polar surface area (TPSA) is 52.5 Å². The molecule has 0 saturated carbocycles. The monoisotopic (exact) mass is 295 g/mol. The highest BCUT2D eigenvalue weighted by Crippen LogP contribution is 2.47. The third kappa shape index (κ3) is 2.08. The molecular weight excluding hydrogens is 274 g/mol. The summed E-state index contributed by atoms with van der Waals surface area (Å²) in [6.45, 7) is 1.03. The van der Waals surface area contributed by atoms with Crippen LogP contribution in [0.1, 0.15) is 30.9 Å². The number of aliphatic hydroxyl groups is 2. The quantitative estimate of drug-likeness (QED) is 0.735. The van der Waals surface area contributed by atoms with E-state index in [4.69, 9.17) is 0 Å².